The lowest BCUT2D eigenvalue weighted by Crippen LogP contribution is -2.17. The SMILES string of the molecule is Cc1ccccc1CC(N)c1ccnn1C. The molecule has 0 saturated carbocycles. The minimum atomic E-state index is 0.00796. The molecule has 1 unspecified atom stereocenters. The maximum Gasteiger partial charge on any atom is 0.0551 e. The third kappa shape index (κ3) is 2.14. The maximum atomic E-state index is 6.18. The number of benzene rings is 1. The van der Waals surface area contributed by atoms with E-state index in [1.807, 2.05) is 17.8 Å². The summed E-state index contributed by atoms with van der Waals surface area (Å²) in [6.07, 6.45) is 2.64. The smallest absolute Gasteiger partial charge is 0.0551 e. The molecule has 2 N–H and O–H groups in total. The van der Waals surface area contributed by atoms with E-state index in [-0.39, 0.29) is 6.04 Å². The molecule has 2 aromatic rings. The molecular weight excluding hydrogens is 198 g/mol. The highest BCUT2D eigenvalue weighted by Crippen LogP contribution is 2.17. The first-order valence-corrected chi connectivity index (χ1v) is 5.46. The minimum Gasteiger partial charge on any atom is -0.322 e. The van der Waals surface area contributed by atoms with Crippen LogP contribution in [0.1, 0.15) is 22.9 Å². The Morgan fingerprint density at radius 2 is 2.06 bits per heavy atom. The topological polar surface area (TPSA) is 43.8 Å². The zero-order chi connectivity index (χ0) is 11.5. The third-order valence-electron chi connectivity index (χ3n) is 2.94. The fraction of sp³-hybridized carbons (Fsp3) is 0.308. The summed E-state index contributed by atoms with van der Waals surface area (Å²) in [5.74, 6) is 0. The third-order valence-corrected chi connectivity index (χ3v) is 2.94. The van der Waals surface area contributed by atoms with Crippen molar-refractivity contribution in [3.63, 3.8) is 0 Å². The molecule has 3 heteroatoms. The molecule has 0 saturated heterocycles. The Labute approximate surface area is 95.9 Å². The van der Waals surface area contributed by atoms with E-state index in [4.69, 9.17) is 5.73 Å². The molecule has 1 atom stereocenters. The van der Waals surface area contributed by atoms with Gasteiger partial charge in [0.05, 0.1) is 11.7 Å². The van der Waals surface area contributed by atoms with Gasteiger partial charge in [0, 0.05) is 13.2 Å². The molecule has 0 bridgehead atoms. The van der Waals surface area contributed by atoms with Crippen molar-refractivity contribution in [1.82, 2.24) is 9.78 Å². The molecule has 0 aliphatic rings. The summed E-state index contributed by atoms with van der Waals surface area (Å²) in [6.45, 7) is 2.12. The van der Waals surface area contributed by atoms with Crippen molar-refractivity contribution in [3.8, 4) is 0 Å². The van der Waals surface area contributed by atoms with Crippen LogP contribution < -0.4 is 5.73 Å². The molecule has 0 fully saturated rings. The highest BCUT2D eigenvalue weighted by molar-refractivity contribution is 5.27. The number of rotatable bonds is 3. The van der Waals surface area contributed by atoms with E-state index >= 15 is 0 Å². The molecule has 1 aromatic heterocycles. The van der Waals surface area contributed by atoms with Gasteiger partial charge < -0.3 is 5.73 Å². The summed E-state index contributed by atoms with van der Waals surface area (Å²) in [5, 5.41) is 4.14. The number of aryl methyl sites for hydroxylation is 2. The lowest BCUT2D eigenvalue weighted by molar-refractivity contribution is 0.616. The molecule has 16 heavy (non-hydrogen) atoms. The largest absolute Gasteiger partial charge is 0.322 e. The molecule has 1 aromatic carbocycles. The number of hydrogen-bond acceptors (Lipinski definition) is 2. The van der Waals surface area contributed by atoms with Gasteiger partial charge in [-0.3, -0.25) is 4.68 Å². The summed E-state index contributed by atoms with van der Waals surface area (Å²) < 4.78 is 1.84. The number of aromatic nitrogens is 2. The maximum absolute atomic E-state index is 6.18. The quantitative estimate of drug-likeness (QED) is 0.850. The Hall–Kier alpha value is -1.61. The first-order chi connectivity index (χ1) is 7.68. The summed E-state index contributed by atoms with van der Waals surface area (Å²) in [6, 6.07) is 10.3. The molecule has 2 rings (SSSR count). The van der Waals surface area contributed by atoms with Crippen LogP contribution in [0.3, 0.4) is 0 Å². The van der Waals surface area contributed by atoms with Crippen molar-refractivity contribution in [2.45, 2.75) is 19.4 Å². The van der Waals surface area contributed by atoms with E-state index in [2.05, 4.69) is 36.3 Å². The fourth-order valence-corrected chi connectivity index (χ4v) is 1.93. The lowest BCUT2D eigenvalue weighted by Gasteiger charge is -2.13. The highest BCUT2D eigenvalue weighted by Gasteiger charge is 2.11. The Balaban J connectivity index is 2.17. The van der Waals surface area contributed by atoms with E-state index in [0.717, 1.165) is 12.1 Å². The highest BCUT2D eigenvalue weighted by atomic mass is 15.3. The Kier molecular flexibility index (Phi) is 3.06. The summed E-state index contributed by atoms with van der Waals surface area (Å²) in [7, 11) is 1.92. The molecule has 0 aliphatic carbocycles. The van der Waals surface area contributed by atoms with Crippen LogP contribution in [-0.2, 0) is 13.5 Å². The van der Waals surface area contributed by atoms with Gasteiger partial charge in [0.1, 0.15) is 0 Å². The van der Waals surface area contributed by atoms with Crippen LogP contribution in [-0.4, -0.2) is 9.78 Å². The van der Waals surface area contributed by atoms with Crippen LogP contribution >= 0.6 is 0 Å². The molecule has 0 radical (unpaired) electrons. The lowest BCUT2D eigenvalue weighted by atomic mass is 10.00. The molecule has 0 amide bonds. The van der Waals surface area contributed by atoms with Gasteiger partial charge in [-0.1, -0.05) is 24.3 Å². The van der Waals surface area contributed by atoms with Crippen molar-refractivity contribution in [2.24, 2.45) is 12.8 Å². The van der Waals surface area contributed by atoms with Gasteiger partial charge in [0.15, 0.2) is 0 Å². The molecule has 0 spiro atoms. The van der Waals surface area contributed by atoms with Crippen LogP contribution in [0.2, 0.25) is 0 Å². The fourth-order valence-electron chi connectivity index (χ4n) is 1.93. The van der Waals surface area contributed by atoms with Gasteiger partial charge in [-0.2, -0.15) is 5.10 Å². The van der Waals surface area contributed by atoms with Crippen molar-refractivity contribution >= 4 is 0 Å². The van der Waals surface area contributed by atoms with Crippen LogP contribution in [0.4, 0.5) is 0 Å². The Bertz CT molecular complexity index is 474. The number of nitrogens with zero attached hydrogens (tertiary/aromatic N) is 2. The predicted molar refractivity (Wildman–Crippen MR) is 65.0 cm³/mol. The summed E-state index contributed by atoms with van der Waals surface area (Å²) >= 11 is 0. The Morgan fingerprint density at radius 3 is 2.69 bits per heavy atom. The van der Waals surface area contributed by atoms with Crippen molar-refractivity contribution in [2.75, 3.05) is 0 Å². The van der Waals surface area contributed by atoms with Crippen LogP contribution in [0, 0.1) is 6.92 Å². The van der Waals surface area contributed by atoms with Crippen molar-refractivity contribution < 1.29 is 0 Å². The van der Waals surface area contributed by atoms with E-state index in [0.29, 0.717) is 0 Å². The number of nitrogens with two attached hydrogens (primary N) is 1. The average Bonchev–Trinajstić information content (AvgIpc) is 2.68. The standard InChI is InChI=1S/C13H17N3/c1-10-5-3-4-6-11(10)9-12(14)13-7-8-15-16(13)2/h3-8,12H,9,14H2,1-2H3. The zero-order valence-electron chi connectivity index (χ0n) is 9.72. The predicted octanol–water partition coefficient (Wildman–Crippen LogP) is 1.97. The van der Waals surface area contributed by atoms with Gasteiger partial charge in [-0.15, -0.1) is 0 Å². The first kappa shape index (κ1) is 10.9. The van der Waals surface area contributed by atoms with E-state index in [9.17, 15) is 0 Å². The summed E-state index contributed by atoms with van der Waals surface area (Å²) in [5.41, 5.74) is 9.85. The van der Waals surface area contributed by atoms with Crippen LogP contribution in [0.15, 0.2) is 36.5 Å². The zero-order valence-corrected chi connectivity index (χ0v) is 9.72. The van der Waals surface area contributed by atoms with Crippen LogP contribution in [0.5, 0.6) is 0 Å². The molecule has 84 valence electrons. The van der Waals surface area contributed by atoms with Gasteiger partial charge in [-0.05, 0) is 30.5 Å². The minimum absolute atomic E-state index is 0.00796. The number of hydrogen-bond donors (Lipinski definition) is 1. The van der Waals surface area contributed by atoms with E-state index in [1.165, 1.54) is 11.1 Å². The van der Waals surface area contributed by atoms with E-state index < -0.39 is 0 Å². The van der Waals surface area contributed by atoms with Gasteiger partial charge >= 0.3 is 0 Å². The van der Waals surface area contributed by atoms with Gasteiger partial charge in [0.2, 0.25) is 0 Å². The second-order valence-electron chi connectivity index (χ2n) is 4.12. The molecule has 3 nitrogen and oxygen atoms in total. The van der Waals surface area contributed by atoms with E-state index in [1.54, 1.807) is 6.20 Å². The molecule has 0 aliphatic heterocycles. The van der Waals surface area contributed by atoms with Crippen molar-refractivity contribution in [3.05, 3.63) is 53.3 Å². The second-order valence-corrected chi connectivity index (χ2v) is 4.12. The monoisotopic (exact) mass is 215 g/mol. The van der Waals surface area contributed by atoms with Crippen LogP contribution in [0.25, 0.3) is 0 Å². The van der Waals surface area contributed by atoms with Gasteiger partial charge in [0.25, 0.3) is 0 Å². The molecule has 1 heterocycles. The summed E-state index contributed by atoms with van der Waals surface area (Å²) in [4.78, 5) is 0. The van der Waals surface area contributed by atoms with Gasteiger partial charge in [-0.25, -0.2) is 0 Å². The normalized spacial score (nSPS) is 12.7. The average molecular weight is 215 g/mol. The molecular formula is C13H17N3. The second kappa shape index (κ2) is 4.49. The Morgan fingerprint density at radius 1 is 1.31 bits per heavy atom. The van der Waals surface area contributed by atoms with Crippen molar-refractivity contribution in [1.29, 1.82) is 0 Å². The first-order valence-electron chi connectivity index (χ1n) is 5.46.